The molecule has 0 radical (unpaired) electrons. The molecule has 23 heavy (non-hydrogen) atoms. The number of benzene rings is 1. The minimum atomic E-state index is 0.0435. The van der Waals surface area contributed by atoms with Gasteiger partial charge in [-0.15, -0.1) is 0 Å². The normalized spacial score (nSPS) is 14.4. The van der Waals surface area contributed by atoms with Gasteiger partial charge in [-0.05, 0) is 43.9 Å². The number of thioether (sulfide) groups is 1. The van der Waals surface area contributed by atoms with Crippen molar-refractivity contribution in [3.63, 3.8) is 0 Å². The molecule has 1 aromatic carbocycles. The monoisotopic (exact) mass is 350 g/mol. The van der Waals surface area contributed by atoms with Crippen LogP contribution in [0.5, 0.6) is 0 Å². The van der Waals surface area contributed by atoms with Crippen molar-refractivity contribution in [1.82, 2.24) is 4.90 Å². The molecule has 4 nitrogen and oxygen atoms in total. The quantitative estimate of drug-likeness (QED) is 0.602. The maximum absolute atomic E-state index is 12.0. The van der Waals surface area contributed by atoms with E-state index in [9.17, 15) is 9.59 Å². The molecule has 1 saturated heterocycles. The fourth-order valence-corrected chi connectivity index (χ4v) is 3.53. The average Bonchev–Trinajstić information content (AvgIpc) is 2.82. The van der Waals surface area contributed by atoms with E-state index < -0.39 is 0 Å². The number of nitrogens with zero attached hydrogens (tertiary/aromatic N) is 1. The maximum atomic E-state index is 12.0. The van der Waals surface area contributed by atoms with Gasteiger partial charge in [0.25, 0.3) is 0 Å². The van der Waals surface area contributed by atoms with E-state index in [-0.39, 0.29) is 11.8 Å². The van der Waals surface area contributed by atoms with Crippen molar-refractivity contribution in [2.45, 2.75) is 39.5 Å². The SMILES string of the molecule is Cc1ccc(C)c(NC(=O)CCCCCN2C(=O)CSC2=S)c1. The Morgan fingerprint density at radius 1 is 1.30 bits per heavy atom. The van der Waals surface area contributed by atoms with Crippen molar-refractivity contribution >= 4 is 45.8 Å². The van der Waals surface area contributed by atoms with E-state index in [0.717, 1.165) is 36.1 Å². The molecule has 1 fully saturated rings. The summed E-state index contributed by atoms with van der Waals surface area (Å²) in [6.45, 7) is 4.67. The lowest BCUT2D eigenvalue weighted by molar-refractivity contribution is -0.124. The van der Waals surface area contributed by atoms with Crippen LogP contribution in [0.25, 0.3) is 0 Å². The molecule has 2 amide bonds. The number of aryl methyl sites for hydroxylation is 2. The fourth-order valence-electron chi connectivity index (χ4n) is 2.41. The molecular weight excluding hydrogens is 328 g/mol. The highest BCUT2D eigenvalue weighted by atomic mass is 32.2. The Labute approximate surface area is 147 Å². The van der Waals surface area contributed by atoms with Crippen LogP contribution in [0.15, 0.2) is 18.2 Å². The summed E-state index contributed by atoms with van der Waals surface area (Å²) in [6, 6.07) is 6.04. The second-order valence-electron chi connectivity index (χ2n) is 5.78. The molecule has 1 N–H and O–H groups in total. The van der Waals surface area contributed by atoms with Gasteiger partial charge >= 0.3 is 0 Å². The van der Waals surface area contributed by atoms with Gasteiger partial charge in [-0.25, -0.2) is 0 Å². The van der Waals surface area contributed by atoms with E-state index in [0.29, 0.717) is 23.0 Å². The van der Waals surface area contributed by atoms with Crippen molar-refractivity contribution in [3.05, 3.63) is 29.3 Å². The third kappa shape index (κ3) is 5.32. The number of anilines is 1. The van der Waals surface area contributed by atoms with Crippen molar-refractivity contribution in [2.24, 2.45) is 0 Å². The summed E-state index contributed by atoms with van der Waals surface area (Å²) in [4.78, 5) is 25.2. The lowest BCUT2D eigenvalue weighted by atomic mass is 10.1. The predicted octanol–water partition coefficient (Wildman–Crippen LogP) is 3.66. The van der Waals surface area contributed by atoms with Crippen LogP contribution in [0.2, 0.25) is 0 Å². The number of unbranched alkanes of at least 4 members (excludes halogenated alkanes) is 2. The highest BCUT2D eigenvalue weighted by Crippen LogP contribution is 2.20. The van der Waals surface area contributed by atoms with Crippen molar-refractivity contribution in [3.8, 4) is 0 Å². The lowest BCUT2D eigenvalue weighted by Crippen LogP contribution is -2.29. The lowest BCUT2D eigenvalue weighted by Gasteiger charge is -2.14. The van der Waals surface area contributed by atoms with Gasteiger partial charge in [0.2, 0.25) is 11.8 Å². The topological polar surface area (TPSA) is 49.4 Å². The van der Waals surface area contributed by atoms with Gasteiger partial charge < -0.3 is 5.32 Å². The van der Waals surface area contributed by atoms with Crippen LogP contribution in [-0.2, 0) is 9.59 Å². The van der Waals surface area contributed by atoms with Gasteiger partial charge in [0.05, 0.1) is 5.75 Å². The second kappa shape index (κ2) is 8.45. The van der Waals surface area contributed by atoms with E-state index in [1.807, 2.05) is 32.0 Å². The van der Waals surface area contributed by atoms with Crippen LogP contribution in [0, 0.1) is 13.8 Å². The zero-order valence-electron chi connectivity index (χ0n) is 13.6. The molecule has 0 aliphatic carbocycles. The molecule has 0 atom stereocenters. The summed E-state index contributed by atoms with van der Waals surface area (Å²) in [5.41, 5.74) is 3.09. The molecule has 1 aliphatic rings. The van der Waals surface area contributed by atoms with E-state index in [1.54, 1.807) is 4.90 Å². The Hall–Kier alpha value is -1.40. The Morgan fingerprint density at radius 2 is 2.09 bits per heavy atom. The molecule has 0 saturated carbocycles. The minimum absolute atomic E-state index is 0.0435. The van der Waals surface area contributed by atoms with Crippen molar-refractivity contribution in [1.29, 1.82) is 0 Å². The maximum Gasteiger partial charge on any atom is 0.238 e. The number of carbonyl (C=O) groups is 2. The summed E-state index contributed by atoms with van der Waals surface area (Å²) in [7, 11) is 0. The number of carbonyl (C=O) groups excluding carboxylic acids is 2. The highest BCUT2D eigenvalue weighted by molar-refractivity contribution is 8.23. The zero-order valence-corrected chi connectivity index (χ0v) is 15.2. The largest absolute Gasteiger partial charge is 0.326 e. The van der Waals surface area contributed by atoms with Crippen LogP contribution in [0.3, 0.4) is 0 Å². The van der Waals surface area contributed by atoms with Gasteiger partial charge in [-0.2, -0.15) is 0 Å². The van der Waals surface area contributed by atoms with Crippen LogP contribution in [0.1, 0.15) is 36.8 Å². The smallest absolute Gasteiger partial charge is 0.238 e. The highest BCUT2D eigenvalue weighted by Gasteiger charge is 2.25. The van der Waals surface area contributed by atoms with Crippen LogP contribution >= 0.6 is 24.0 Å². The molecule has 6 heteroatoms. The summed E-state index contributed by atoms with van der Waals surface area (Å²) >= 11 is 6.57. The molecule has 0 aromatic heterocycles. The first-order chi connectivity index (χ1) is 11.0. The molecule has 0 unspecified atom stereocenters. The first-order valence-corrected chi connectivity index (χ1v) is 9.21. The predicted molar refractivity (Wildman–Crippen MR) is 99.8 cm³/mol. The number of hydrogen-bond donors (Lipinski definition) is 1. The van der Waals surface area contributed by atoms with Gasteiger partial charge in [0.1, 0.15) is 4.32 Å². The van der Waals surface area contributed by atoms with Crippen LogP contribution in [-0.4, -0.2) is 33.3 Å². The van der Waals surface area contributed by atoms with E-state index in [4.69, 9.17) is 12.2 Å². The third-order valence-electron chi connectivity index (χ3n) is 3.79. The Morgan fingerprint density at radius 3 is 2.78 bits per heavy atom. The van der Waals surface area contributed by atoms with Crippen LogP contribution < -0.4 is 5.32 Å². The summed E-state index contributed by atoms with van der Waals surface area (Å²) in [5, 5.41) is 2.97. The molecular formula is C17H22N2O2S2. The Balaban J connectivity index is 1.66. The third-order valence-corrected chi connectivity index (χ3v) is 5.23. The molecule has 0 bridgehead atoms. The second-order valence-corrected chi connectivity index (χ2v) is 7.39. The minimum Gasteiger partial charge on any atom is -0.326 e. The average molecular weight is 351 g/mol. The molecule has 124 valence electrons. The first-order valence-electron chi connectivity index (χ1n) is 7.81. The number of nitrogens with one attached hydrogen (secondary N) is 1. The van der Waals surface area contributed by atoms with Gasteiger partial charge in [0.15, 0.2) is 0 Å². The van der Waals surface area contributed by atoms with E-state index >= 15 is 0 Å². The number of hydrogen-bond acceptors (Lipinski definition) is 4. The molecule has 1 aliphatic heterocycles. The molecule has 2 rings (SSSR count). The van der Waals surface area contributed by atoms with E-state index in [1.165, 1.54) is 11.8 Å². The first kappa shape index (κ1) is 17.9. The van der Waals surface area contributed by atoms with Gasteiger partial charge in [0, 0.05) is 18.7 Å². The van der Waals surface area contributed by atoms with E-state index in [2.05, 4.69) is 5.32 Å². The number of rotatable bonds is 7. The van der Waals surface area contributed by atoms with Crippen molar-refractivity contribution in [2.75, 3.05) is 17.6 Å². The standard InChI is InChI=1S/C17H22N2O2S2/c1-12-7-8-13(2)14(10-12)18-15(20)6-4-3-5-9-19-16(21)11-23-17(19)22/h7-8,10H,3-6,9,11H2,1-2H3,(H,18,20). The van der Waals surface area contributed by atoms with Crippen LogP contribution in [0.4, 0.5) is 5.69 Å². The zero-order chi connectivity index (χ0) is 16.8. The molecule has 0 spiro atoms. The summed E-state index contributed by atoms with van der Waals surface area (Å²) < 4.78 is 0.683. The molecule has 1 heterocycles. The van der Waals surface area contributed by atoms with Gasteiger partial charge in [-0.3, -0.25) is 14.5 Å². The van der Waals surface area contributed by atoms with Crippen molar-refractivity contribution < 1.29 is 9.59 Å². The summed E-state index contributed by atoms with van der Waals surface area (Å²) in [5.74, 6) is 0.617. The number of thiocarbonyl (C=S) groups is 1. The Kier molecular flexibility index (Phi) is 6.59. The van der Waals surface area contributed by atoms with Gasteiger partial charge in [-0.1, -0.05) is 42.5 Å². The fraction of sp³-hybridized carbons (Fsp3) is 0.471. The Bertz CT molecular complexity index is 601. The molecule has 1 aromatic rings. The number of amides is 2. The summed E-state index contributed by atoms with van der Waals surface area (Å²) in [6.07, 6.45) is 3.11.